The van der Waals surface area contributed by atoms with Gasteiger partial charge in [-0.15, -0.1) is 0 Å². The van der Waals surface area contributed by atoms with E-state index < -0.39 is 10.9 Å². The van der Waals surface area contributed by atoms with Crippen molar-refractivity contribution in [1.82, 2.24) is 0 Å². The van der Waals surface area contributed by atoms with Crippen molar-refractivity contribution in [2.45, 2.75) is 6.92 Å². The number of hydrogen-bond donors (Lipinski definition) is 0. The second kappa shape index (κ2) is 8.64. The Kier molecular flexibility index (Phi) is 5.74. The number of halogens is 1. The molecule has 0 atom stereocenters. The van der Waals surface area contributed by atoms with E-state index in [9.17, 15) is 19.7 Å². The molecule has 9 heteroatoms. The molecule has 0 aliphatic heterocycles. The lowest BCUT2D eigenvalue weighted by Crippen LogP contribution is -2.10. The van der Waals surface area contributed by atoms with Crippen molar-refractivity contribution in [3.8, 4) is 17.2 Å². The number of aryl methyl sites for hydroxylation is 1. The summed E-state index contributed by atoms with van der Waals surface area (Å²) in [6.07, 6.45) is 0. The summed E-state index contributed by atoms with van der Waals surface area (Å²) < 4.78 is 17.5. The van der Waals surface area contributed by atoms with Crippen LogP contribution in [0.2, 0.25) is 0 Å². The molecule has 8 nitrogen and oxygen atoms in total. The normalized spacial score (nSPS) is 10.7. The van der Waals surface area contributed by atoms with Crippen LogP contribution < -0.4 is 14.9 Å². The summed E-state index contributed by atoms with van der Waals surface area (Å²) in [5.74, 6) is 0.105. The monoisotopic (exact) mass is 495 g/mol. The number of nitro benzene ring substituents is 1. The van der Waals surface area contributed by atoms with E-state index in [-0.39, 0.29) is 44.9 Å². The molecule has 0 amide bonds. The van der Waals surface area contributed by atoms with Gasteiger partial charge in [-0.3, -0.25) is 14.9 Å². The molecule has 0 aliphatic rings. The summed E-state index contributed by atoms with van der Waals surface area (Å²) in [5.41, 5.74) is -0.376. The van der Waals surface area contributed by atoms with Crippen LogP contribution in [0.1, 0.15) is 16.1 Å². The van der Waals surface area contributed by atoms with Gasteiger partial charge in [0.1, 0.15) is 22.8 Å². The van der Waals surface area contributed by atoms with E-state index in [4.69, 9.17) is 13.9 Å². The number of esters is 1. The van der Waals surface area contributed by atoms with E-state index in [0.717, 1.165) is 6.07 Å². The number of rotatable bonds is 5. The van der Waals surface area contributed by atoms with Gasteiger partial charge in [-0.05, 0) is 53.2 Å². The molecular weight excluding hydrogens is 482 g/mol. The number of ether oxygens (including phenoxy) is 2. The van der Waals surface area contributed by atoms with Crippen molar-refractivity contribution in [3.63, 3.8) is 0 Å². The Balaban J connectivity index is 1.64. The largest absolute Gasteiger partial charge is 0.457 e. The Morgan fingerprint density at radius 2 is 1.84 bits per heavy atom. The highest BCUT2D eigenvalue weighted by Crippen LogP contribution is 2.31. The summed E-state index contributed by atoms with van der Waals surface area (Å²) in [4.78, 5) is 35.6. The number of carbonyl (C=O) groups excluding carboxylic acids is 1. The molecule has 0 bridgehead atoms. The molecule has 0 aliphatic carbocycles. The Morgan fingerprint density at radius 3 is 2.59 bits per heavy atom. The fourth-order valence-corrected chi connectivity index (χ4v) is 3.37. The van der Waals surface area contributed by atoms with Crippen LogP contribution in [0.25, 0.3) is 11.0 Å². The van der Waals surface area contributed by atoms with Crippen LogP contribution in [0.3, 0.4) is 0 Å². The molecule has 4 aromatic rings. The standard InChI is InChI=1S/C23H14BrNO7/c1-13-22(32-19-8-3-2-7-18(19)24)21(26)17-10-9-16(12-20(17)30-13)31-23(27)14-5-4-6-15(11-14)25(28)29/h2-12H,1H3. The lowest BCUT2D eigenvalue weighted by Gasteiger charge is -2.11. The van der Waals surface area contributed by atoms with Crippen molar-refractivity contribution < 1.29 is 23.6 Å². The maximum atomic E-state index is 12.9. The predicted molar refractivity (Wildman–Crippen MR) is 119 cm³/mol. The van der Waals surface area contributed by atoms with E-state index in [1.807, 2.05) is 6.07 Å². The van der Waals surface area contributed by atoms with Gasteiger partial charge in [0, 0.05) is 18.2 Å². The molecule has 0 N–H and O–H groups in total. The molecule has 0 fully saturated rings. The highest BCUT2D eigenvalue weighted by Gasteiger charge is 2.17. The van der Waals surface area contributed by atoms with E-state index in [1.165, 1.54) is 36.4 Å². The molecule has 3 aromatic carbocycles. The molecule has 1 heterocycles. The molecule has 160 valence electrons. The molecule has 1 aromatic heterocycles. The van der Waals surface area contributed by atoms with Crippen molar-refractivity contribution >= 4 is 38.6 Å². The van der Waals surface area contributed by atoms with Gasteiger partial charge in [0.15, 0.2) is 0 Å². The zero-order valence-corrected chi connectivity index (χ0v) is 18.1. The van der Waals surface area contributed by atoms with Crippen LogP contribution in [-0.2, 0) is 0 Å². The quantitative estimate of drug-likeness (QED) is 0.149. The Morgan fingerprint density at radius 1 is 1.06 bits per heavy atom. The van der Waals surface area contributed by atoms with Gasteiger partial charge in [0.25, 0.3) is 5.69 Å². The van der Waals surface area contributed by atoms with Gasteiger partial charge >= 0.3 is 5.97 Å². The molecule has 0 saturated carbocycles. The maximum absolute atomic E-state index is 12.9. The Bertz CT molecular complexity index is 1430. The maximum Gasteiger partial charge on any atom is 0.343 e. The average Bonchev–Trinajstić information content (AvgIpc) is 2.77. The molecule has 0 radical (unpaired) electrons. The van der Waals surface area contributed by atoms with Gasteiger partial charge in [-0.25, -0.2) is 4.79 Å². The zero-order valence-electron chi connectivity index (χ0n) is 16.5. The number of benzene rings is 3. The number of carbonyl (C=O) groups is 1. The third kappa shape index (κ3) is 4.23. The first-order chi connectivity index (χ1) is 15.3. The summed E-state index contributed by atoms with van der Waals surface area (Å²) in [7, 11) is 0. The summed E-state index contributed by atoms with van der Waals surface area (Å²) >= 11 is 3.37. The summed E-state index contributed by atoms with van der Waals surface area (Å²) in [6.45, 7) is 1.59. The van der Waals surface area contributed by atoms with Crippen LogP contribution in [0.15, 0.2) is 80.4 Å². The van der Waals surface area contributed by atoms with Crippen LogP contribution in [0, 0.1) is 17.0 Å². The summed E-state index contributed by atoms with van der Waals surface area (Å²) in [5, 5.41) is 11.1. The minimum Gasteiger partial charge on any atom is -0.457 e. The van der Waals surface area contributed by atoms with Crippen LogP contribution in [0.5, 0.6) is 17.2 Å². The van der Waals surface area contributed by atoms with Crippen LogP contribution in [-0.4, -0.2) is 10.9 Å². The van der Waals surface area contributed by atoms with Gasteiger partial charge < -0.3 is 13.9 Å². The SMILES string of the molecule is Cc1oc2cc(OC(=O)c3cccc([N+](=O)[O-])c3)ccc2c(=O)c1Oc1ccccc1Br. The number of non-ortho nitro benzene ring substituents is 1. The van der Waals surface area contributed by atoms with Gasteiger partial charge in [0.2, 0.25) is 11.2 Å². The smallest absolute Gasteiger partial charge is 0.343 e. The van der Waals surface area contributed by atoms with Crippen molar-refractivity contribution in [2.24, 2.45) is 0 Å². The van der Waals surface area contributed by atoms with E-state index in [1.54, 1.807) is 25.1 Å². The molecular formula is C23H14BrNO7. The van der Waals surface area contributed by atoms with Gasteiger partial charge in [0.05, 0.1) is 20.3 Å². The topological polar surface area (TPSA) is 109 Å². The molecule has 0 saturated heterocycles. The molecule has 32 heavy (non-hydrogen) atoms. The first-order valence-electron chi connectivity index (χ1n) is 9.30. The third-order valence-corrected chi connectivity index (χ3v) is 5.19. The first-order valence-corrected chi connectivity index (χ1v) is 10.1. The van der Waals surface area contributed by atoms with Crippen LogP contribution >= 0.6 is 15.9 Å². The van der Waals surface area contributed by atoms with Crippen LogP contribution in [0.4, 0.5) is 5.69 Å². The predicted octanol–water partition coefficient (Wildman–Crippen LogP) is 5.78. The minimum atomic E-state index is -0.777. The van der Waals surface area contributed by atoms with Gasteiger partial charge in [-0.2, -0.15) is 0 Å². The molecule has 0 spiro atoms. The lowest BCUT2D eigenvalue weighted by molar-refractivity contribution is -0.384. The number of fused-ring (bicyclic) bond motifs is 1. The third-order valence-electron chi connectivity index (χ3n) is 4.54. The highest BCUT2D eigenvalue weighted by atomic mass is 79.9. The second-order valence-electron chi connectivity index (χ2n) is 6.70. The lowest BCUT2D eigenvalue weighted by atomic mass is 10.2. The molecule has 0 unspecified atom stereocenters. The van der Waals surface area contributed by atoms with Crippen molar-refractivity contribution in [2.75, 3.05) is 0 Å². The van der Waals surface area contributed by atoms with E-state index >= 15 is 0 Å². The second-order valence-corrected chi connectivity index (χ2v) is 7.56. The minimum absolute atomic E-state index is 0.0223. The van der Waals surface area contributed by atoms with E-state index in [0.29, 0.717) is 10.2 Å². The first kappa shape index (κ1) is 21.3. The number of nitro groups is 1. The summed E-state index contributed by atoms with van der Waals surface area (Å²) in [6, 6.07) is 16.6. The van der Waals surface area contributed by atoms with E-state index in [2.05, 4.69) is 15.9 Å². The number of hydrogen-bond acceptors (Lipinski definition) is 7. The van der Waals surface area contributed by atoms with Gasteiger partial charge in [-0.1, -0.05) is 18.2 Å². The number of para-hydroxylation sites is 1. The fraction of sp³-hybridized carbons (Fsp3) is 0.0435. The zero-order chi connectivity index (χ0) is 22.8. The van der Waals surface area contributed by atoms with Crippen molar-refractivity contribution in [1.29, 1.82) is 0 Å². The Labute approximate surface area is 189 Å². The highest BCUT2D eigenvalue weighted by molar-refractivity contribution is 9.10. The fourth-order valence-electron chi connectivity index (χ4n) is 3.00. The van der Waals surface area contributed by atoms with Crippen molar-refractivity contribution in [3.05, 3.63) is 103 Å². The number of nitrogens with zero attached hydrogens (tertiary/aromatic N) is 1. The molecule has 4 rings (SSSR count). The Hall–Kier alpha value is -3.98. The average molecular weight is 496 g/mol.